The fourth-order valence-corrected chi connectivity index (χ4v) is 1.53. The van der Waals surface area contributed by atoms with Crippen molar-refractivity contribution in [3.8, 4) is 5.75 Å². The summed E-state index contributed by atoms with van der Waals surface area (Å²) in [5.74, 6) is 0.872. The summed E-state index contributed by atoms with van der Waals surface area (Å²) in [6.45, 7) is 1.87. The summed E-state index contributed by atoms with van der Waals surface area (Å²) in [7, 11) is 0. The molecule has 3 heterocycles. The molecule has 4 nitrogen and oxygen atoms in total. The van der Waals surface area contributed by atoms with Gasteiger partial charge in [0.1, 0.15) is 11.6 Å². The molecule has 0 radical (unpaired) electrons. The van der Waals surface area contributed by atoms with E-state index in [-0.39, 0.29) is 0 Å². The van der Waals surface area contributed by atoms with E-state index in [1.165, 1.54) is 0 Å². The van der Waals surface area contributed by atoms with E-state index in [4.69, 9.17) is 4.74 Å². The highest BCUT2D eigenvalue weighted by Gasteiger charge is 2.19. The Balaban J connectivity index is 1.95. The zero-order chi connectivity index (χ0) is 9.38. The van der Waals surface area contributed by atoms with Crippen LogP contribution in [0, 0.1) is 0 Å². The predicted molar refractivity (Wildman–Crippen MR) is 52.5 cm³/mol. The van der Waals surface area contributed by atoms with Gasteiger partial charge in [0.2, 0.25) is 0 Å². The number of pyridine rings is 1. The Kier molecular flexibility index (Phi) is 1.67. The molecule has 0 aliphatic carbocycles. The van der Waals surface area contributed by atoms with Crippen molar-refractivity contribution in [2.75, 3.05) is 13.1 Å². The van der Waals surface area contributed by atoms with Crippen molar-refractivity contribution in [2.45, 2.75) is 6.10 Å². The summed E-state index contributed by atoms with van der Waals surface area (Å²) < 4.78 is 7.58. The van der Waals surface area contributed by atoms with Crippen LogP contribution in [-0.4, -0.2) is 28.8 Å². The summed E-state index contributed by atoms with van der Waals surface area (Å²) in [6, 6.07) is 5.95. The smallest absolute Gasteiger partial charge is 0.165 e. The highest BCUT2D eigenvalue weighted by Crippen LogP contribution is 2.20. The standard InChI is InChI=1S/C10H11N3O/c1-2-4-13-9(3-1)10(7-12-13)14-8-5-11-6-8/h1-4,7-8,11H,5-6H2. The highest BCUT2D eigenvalue weighted by atomic mass is 16.5. The molecule has 14 heavy (non-hydrogen) atoms. The first-order valence-corrected chi connectivity index (χ1v) is 4.73. The van der Waals surface area contributed by atoms with Crippen molar-refractivity contribution < 1.29 is 4.74 Å². The van der Waals surface area contributed by atoms with Crippen LogP contribution in [0.5, 0.6) is 5.75 Å². The zero-order valence-electron chi connectivity index (χ0n) is 7.68. The Morgan fingerprint density at radius 1 is 1.43 bits per heavy atom. The van der Waals surface area contributed by atoms with Gasteiger partial charge in [-0.2, -0.15) is 5.10 Å². The molecule has 1 N–H and O–H groups in total. The van der Waals surface area contributed by atoms with Crippen molar-refractivity contribution in [2.24, 2.45) is 0 Å². The second-order valence-corrected chi connectivity index (χ2v) is 3.44. The van der Waals surface area contributed by atoms with Crippen LogP contribution in [0.15, 0.2) is 30.6 Å². The molecule has 0 aromatic carbocycles. The van der Waals surface area contributed by atoms with Crippen molar-refractivity contribution in [1.29, 1.82) is 0 Å². The molecule has 0 amide bonds. The van der Waals surface area contributed by atoms with Gasteiger partial charge < -0.3 is 10.1 Å². The normalized spacial score (nSPS) is 16.9. The molecule has 4 heteroatoms. The Labute approximate surface area is 81.5 Å². The van der Waals surface area contributed by atoms with Crippen LogP contribution in [-0.2, 0) is 0 Å². The molecule has 0 unspecified atom stereocenters. The van der Waals surface area contributed by atoms with Crippen LogP contribution in [0.25, 0.3) is 5.52 Å². The topological polar surface area (TPSA) is 38.6 Å². The number of aromatic nitrogens is 2. The largest absolute Gasteiger partial charge is 0.484 e. The molecule has 2 aromatic rings. The fourth-order valence-electron chi connectivity index (χ4n) is 1.53. The minimum absolute atomic E-state index is 0.309. The second-order valence-electron chi connectivity index (χ2n) is 3.44. The van der Waals surface area contributed by atoms with Crippen LogP contribution in [0.1, 0.15) is 0 Å². The molecule has 1 aliphatic rings. The van der Waals surface area contributed by atoms with Gasteiger partial charge in [0.25, 0.3) is 0 Å². The van der Waals surface area contributed by atoms with Gasteiger partial charge in [-0.1, -0.05) is 6.07 Å². The van der Waals surface area contributed by atoms with Crippen molar-refractivity contribution >= 4 is 5.52 Å². The van der Waals surface area contributed by atoms with Gasteiger partial charge in [-0.25, -0.2) is 4.52 Å². The minimum Gasteiger partial charge on any atom is -0.484 e. The molecule has 2 aromatic heterocycles. The van der Waals surface area contributed by atoms with Gasteiger partial charge in [-0.3, -0.25) is 0 Å². The summed E-state index contributed by atoms with van der Waals surface area (Å²) >= 11 is 0. The van der Waals surface area contributed by atoms with Crippen LogP contribution in [0.4, 0.5) is 0 Å². The molecule has 0 spiro atoms. The lowest BCUT2D eigenvalue weighted by Crippen LogP contribution is -2.50. The average Bonchev–Trinajstić information content (AvgIpc) is 2.55. The molecule has 1 aliphatic heterocycles. The number of rotatable bonds is 2. The summed E-state index contributed by atoms with van der Waals surface area (Å²) in [5.41, 5.74) is 1.03. The molecule has 0 atom stereocenters. The first kappa shape index (κ1) is 7.82. The Morgan fingerprint density at radius 2 is 2.36 bits per heavy atom. The van der Waals surface area contributed by atoms with Crippen molar-refractivity contribution in [3.05, 3.63) is 30.6 Å². The van der Waals surface area contributed by atoms with Gasteiger partial charge in [0.05, 0.1) is 6.20 Å². The Morgan fingerprint density at radius 3 is 3.14 bits per heavy atom. The van der Waals surface area contributed by atoms with Crippen molar-refractivity contribution in [1.82, 2.24) is 14.9 Å². The molecule has 0 saturated carbocycles. The van der Waals surface area contributed by atoms with Gasteiger partial charge >= 0.3 is 0 Å². The van der Waals surface area contributed by atoms with Crippen LogP contribution in [0.2, 0.25) is 0 Å². The number of nitrogens with zero attached hydrogens (tertiary/aromatic N) is 2. The SMILES string of the molecule is c1ccn2ncc(OC3CNC3)c2c1. The third-order valence-electron chi connectivity index (χ3n) is 2.43. The van der Waals surface area contributed by atoms with Gasteiger partial charge in [-0.05, 0) is 12.1 Å². The third-order valence-corrected chi connectivity index (χ3v) is 2.43. The van der Waals surface area contributed by atoms with E-state index in [1.54, 1.807) is 6.20 Å². The number of nitrogens with one attached hydrogen (secondary N) is 1. The molecular formula is C10H11N3O. The van der Waals surface area contributed by atoms with E-state index < -0.39 is 0 Å². The molecule has 1 fully saturated rings. The summed E-state index contributed by atoms with van der Waals surface area (Å²) in [5, 5.41) is 7.37. The van der Waals surface area contributed by atoms with E-state index in [0.717, 1.165) is 24.4 Å². The average molecular weight is 189 g/mol. The number of ether oxygens (including phenoxy) is 1. The minimum atomic E-state index is 0.309. The first-order valence-electron chi connectivity index (χ1n) is 4.73. The van der Waals surface area contributed by atoms with Crippen LogP contribution >= 0.6 is 0 Å². The summed E-state index contributed by atoms with van der Waals surface area (Å²) in [4.78, 5) is 0. The lowest BCUT2D eigenvalue weighted by atomic mass is 10.2. The number of hydrogen-bond acceptors (Lipinski definition) is 3. The molecule has 0 bridgehead atoms. The first-order chi connectivity index (χ1) is 6.93. The van der Waals surface area contributed by atoms with E-state index in [2.05, 4.69) is 10.4 Å². The number of hydrogen-bond donors (Lipinski definition) is 1. The van der Waals surface area contributed by atoms with E-state index >= 15 is 0 Å². The summed E-state index contributed by atoms with van der Waals surface area (Å²) in [6.07, 6.45) is 4.00. The van der Waals surface area contributed by atoms with E-state index in [0.29, 0.717) is 6.10 Å². The predicted octanol–water partition coefficient (Wildman–Crippen LogP) is 0.685. The maximum absolute atomic E-state index is 5.76. The zero-order valence-corrected chi connectivity index (χ0v) is 7.68. The second kappa shape index (κ2) is 2.99. The molecule has 1 saturated heterocycles. The lowest BCUT2D eigenvalue weighted by Gasteiger charge is -2.27. The third kappa shape index (κ3) is 1.15. The van der Waals surface area contributed by atoms with Crippen molar-refractivity contribution in [3.63, 3.8) is 0 Å². The maximum Gasteiger partial charge on any atom is 0.165 e. The van der Waals surface area contributed by atoms with Crippen LogP contribution < -0.4 is 10.1 Å². The van der Waals surface area contributed by atoms with E-state index in [1.807, 2.05) is 28.9 Å². The Hall–Kier alpha value is -1.55. The van der Waals surface area contributed by atoms with E-state index in [9.17, 15) is 0 Å². The van der Waals surface area contributed by atoms with Gasteiger partial charge in [-0.15, -0.1) is 0 Å². The van der Waals surface area contributed by atoms with Gasteiger partial charge in [0.15, 0.2) is 5.75 Å². The highest BCUT2D eigenvalue weighted by molar-refractivity contribution is 5.58. The Bertz CT molecular complexity index is 447. The molecule has 72 valence electrons. The fraction of sp³-hybridized carbons (Fsp3) is 0.300. The maximum atomic E-state index is 5.76. The molecular weight excluding hydrogens is 178 g/mol. The van der Waals surface area contributed by atoms with Crippen LogP contribution in [0.3, 0.4) is 0 Å². The van der Waals surface area contributed by atoms with Gasteiger partial charge in [0, 0.05) is 19.3 Å². The monoisotopic (exact) mass is 189 g/mol. The lowest BCUT2D eigenvalue weighted by molar-refractivity contribution is 0.144. The quantitative estimate of drug-likeness (QED) is 0.755. The number of fused-ring (bicyclic) bond motifs is 1. The molecule has 3 rings (SSSR count).